The lowest BCUT2D eigenvalue weighted by atomic mass is 9.79. The SMILES string of the molecule is CCC1CCC(C#N)C(Oc2ccc(Cl)c(C)c2)C1. The number of nitrogens with zero attached hydrogens (tertiary/aromatic N) is 1. The summed E-state index contributed by atoms with van der Waals surface area (Å²) >= 11 is 6.02. The molecule has 3 heteroatoms. The number of rotatable bonds is 3. The first-order valence-corrected chi connectivity index (χ1v) is 7.34. The van der Waals surface area contributed by atoms with Crippen molar-refractivity contribution in [3.05, 3.63) is 28.8 Å². The Hall–Kier alpha value is -1.20. The lowest BCUT2D eigenvalue weighted by molar-refractivity contribution is 0.0892. The Kier molecular flexibility index (Phi) is 4.71. The van der Waals surface area contributed by atoms with Crippen LogP contribution in [0.25, 0.3) is 0 Å². The Balaban J connectivity index is 2.10. The second-order valence-corrected chi connectivity index (χ2v) is 5.80. The zero-order valence-electron chi connectivity index (χ0n) is 11.5. The molecule has 19 heavy (non-hydrogen) atoms. The van der Waals surface area contributed by atoms with Crippen LogP contribution in [0.3, 0.4) is 0 Å². The molecule has 1 aromatic rings. The van der Waals surface area contributed by atoms with Gasteiger partial charge in [-0.15, -0.1) is 0 Å². The van der Waals surface area contributed by atoms with E-state index in [4.69, 9.17) is 16.3 Å². The van der Waals surface area contributed by atoms with Crippen molar-refractivity contribution < 1.29 is 4.74 Å². The van der Waals surface area contributed by atoms with Crippen molar-refractivity contribution >= 4 is 11.6 Å². The van der Waals surface area contributed by atoms with E-state index in [1.54, 1.807) is 0 Å². The van der Waals surface area contributed by atoms with Gasteiger partial charge in [0, 0.05) is 5.02 Å². The topological polar surface area (TPSA) is 33.0 Å². The summed E-state index contributed by atoms with van der Waals surface area (Å²) in [4.78, 5) is 0. The van der Waals surface area contributed by atoms with E-state index in [0.717, 1.165) is 42.0 Å². The van der Waals surface area contributed by atoms with Crippen LogP contribution in [0, 0.1) is 30.1 Å². The summed E-state index contributed by atoms with van der Waals surface area (Å²) in [6.45, 7) is 4.17. The van der Waals surface area contributed by atoms with Crippen molar-refractivity contribution in [1.29, 1.82) is 5.26 Å². The highest BCUT2D eigenvalue weighted by atomic mass is 35.5. The van der Waals surface area contributed by atoms with Crippen molar-refractivity contribution in [1.82, 2.24) is 0 Å². The first-order valence-electron chi connectivity index (χ1n) is 6.96. The third-order valence-corrected chi connectivity index (χ3v) is 4.48. The second-order valence-electron chi connectivity index (χ2n) is 5.39. The molecule has 0 bridgehead atoms. The first kappa shape index (κ1) is 14.2. The average Bonchev–Trinajstić information content (AvgIpc) is 2.43. The molecule has 2 nitrogen and oxygen atoms in total. The molecule has 0 aromatic heterocycles. The molecule has 0 spiro atoms. The van der Waals surface area contributed by atoms with Gasteiger partial charge in [-0.05, 0) is 55.9 Å². The zero-order chi connectivity index (χ0) is 13.8. The van der Waals surface area contributed by atoms with Gasteiger partial charge in [-0.1, -0.05) is 24.9 Å². The summed E-state index contributed by atoms with van der Waals surface area (Å²) in [5.41, 5.74) is 1.01. The lowest BCUT2D eigenvalue weighted by Gasteiger charge is -2.32. The van der Waals surface area contributed by atoms with Gasteiger partial charge in [0.2, 0.25) is 0 Å². The van der Waals surface area contributed by atoms with Gasteiger partial charge in [0.1, 0.15) is 11.9 Å². The molecule has 0 heterocycles. The van der Waals surface area contributed by atoms with Crippen molar-refractivity contribution in [2.24, 2.45) is 11.8 Å². The maximum Gasteiger partial charge on any atom is 0.120 e. The number of benzene rings is 1. The normalized spacial score (nSPS) is 26.7. The number of ether oxygens (including phenoxy) is 1. The largest absolute Gasteiger partial charge is 0.489 e. The van der Waals surface area contributed by atoms with Gasteiger partial charge in [-0.2, -0.15) is 5.26 Å². The summed E-state index contributed by atoms with van der Waals surface area (Å²) in [5, 5.41) is 10.00. The van der Waals surface area contributed by atoms with Gasteiger partial charge in [0.15, 0.2) is 0 Å². The maximum absolute atomic E-state index is 9.25. The number of aryl methyl sites for hydroxylation is 1. The summed E-state index contributed by atoms with van der Waals surface area (Å²) < 4.78 is 6.05. The molecular weight excluding hydrogens is 258 g/mol. The Morgan fingerprint density at radius 3 is 2.84 bits per heavy atom. The van der Waals surface area contributed by atoms with Crippen molar-refractivity contribution in [3.63, 3.8) is 0 Å². The zero-order valence-corrected chi connectivity index (χ0v) is 12.3. The van der Waals surface area contributed by atoms with Gasteiger partial charge >= 0.3 is 0 Å². The van der Waals surface area contributed by atoms with Crippen LogP contribution in [0.15, 0.2) is 18.2 Å². The van der Waals surface area contributed by atoms with Crippen LogP contribution in [-0.4, -0.2) is 6.10 Å². The highest BCUT2D eigenvalue weighted by molar-refractivity contribution is 6.31. The molecule has 2 rings (SSSR count). The van der Waals surface area contributed by atoms with E-state index in [9.17, 15) is 5.26 Å². The van der Waals surface area contributed by atoms with E-state index in [2.05, 4.69) is 13.0 Å². The average molecular weight is 278 g/mol. The van der Waals surface area contributed by atoms with Gasteiger partial charge < -0.3 is 4.74 Å². The highest BCUT2D eigenvalue weighted by Gasteiger charge is 2.31. The van der Waals surface area contributed by atoms with E-state index in [1.165, 1.54) is 0 Å². The van der Waals surface area contributed by atoms with Gasteiger partial charge in [0.25, 0.3) is 0 Å². The Bertz CT molecular complexity index is 480. The highest BCUT2D eigenvalue weighted by Crippen LogP contribution is 2.34. The van der Waals surface area contributed by atoms with E-state index < -0.39 is 0 Å². The van der Waals surface area contributed by atoms with Crippen LogP contribution >= 0.6 is 11.6 Å². The van der Waals surface area contributed by atoms with Crippen LogP contribution in [0.2, 0.25) is 5.02 Å². The molecule has 0 saturated heterocycles. The Morgan fingerprint density at radius 1 is 1.42 bits per heavy atom. The van der Waals surface area contributed by atoms with E-state index in [0.29, 0.717) is 5.92 Å². The molecule has 0 aliphatic heterocycles. The van der Waals surface area contributed by atoms with Gasteiger partial charge in [-0.3, -0.25) is 0 Å². The maximum atomic E-state index is 9.25. The predicted octanol–water partition coefficient (Wildman–Crippen LogP) is 4.75. The van der Waals surface area contributed by atoms with E-state index in [-0.39, 0.29) is 12.0 Å². The van der Waals surface area contributed by atoms with Crippen molar-refractivity contribution in [2.45, 2.75) is 45.6 Å². The minimum atomic E-state index is 0.0128. The van der Waals surface area contributed by atoms with Crippen molar-refractivity contribution in [3.8, 4) is 11.8 Å². The molecule has 3 atom stereocenters. The summed E-state index contributed by atoms with van der Waals surface area (Å²) in [6, 6.07) is 8.09. The molecule has 1 aliphatic rings. The molecular formula is C16H20ClNO. The molecule has 0 amide bonds. The third-order valence-electron chi connectivity index (χ3n) is 4.06. The fourth-order valence-corrected chi connectivity index (χ4v) is 2.84. The van der Waals surface area contributed by atoms with Crippen molar-refractivity contribution in [2.75, 3.05) is 0 Å². The van der Waals surface area contributed by atoms with Gasteiger partial charge in [-0.25, -0.2) is 0 Å². The Labute approximate surface area is 120 Å². The summed E-state index contributed by atoms with van der Waals surface area (Å²) in [6.07, 6.45) is 4.26. The van der Waals surface area contributed by atoms with Crippen LogP contribution in [-0.2, 0) is 0 Å². The molecule has 0 N–H and O–H groups in total. The molecule has 102 valence electrons. The molecule has 0 radical (unpaired) electrons. The Morgan fingerprint density at radius 2 is 2.21 bits per heavy atom. The molecule has 1 fully saturated rings. The predicted molar refractivity (Wildman–Crippen MR) is 77.3 cm³/mol. The summed E-state index contributed by atoms with van der Waals surface area (Å²) in [7, 11) is 0. The second kappa shape index (κ2) is 6.30. The lowest BCUT2D eigenvalue weighted by Crippen LogP contribution is -2.33. The quantitative estimate of drug-likeness (QED) is 0.799. The van der Waals surface area contributed by atoms with Crippen LogP contribution in [0.1, 0.15) is 38.2 Å². The molecule has 3 unspecified atom stereocenters. The fraction of sp³-hybridized carbons (Fsp3) is 0.562. The minimum Gasteiger partial charge on any atom is -0.489 e. The third kappa shape index (κ3) is 3.42. The number of hydrogen-bond acceptors (Lipinski definition) is 2. The van der Waals surface area contributed by atoms with Crippen LogP contribution < -0.4 is 4.74 Å². The number of nitriles is 1. The standard InChI is InChI=1S/C16H20ClNO/c1-3-12-4-5-13(10-18)16(9-12)19-14-6-7-15(17)11(2)8-14/h6-8,12-13,16H,3-5,9H2,1-2H3. The molecule has 1 saturated carbocycles. The number of halogens is 1. The molecule has 1 aliphatic carbocycles. The van der Waals surface area contributed by atoms with Crippen LogP contribution in [0.5, 0.6) is 5.75 Å². The number of hydrogen-bond donors (Lipinski definition) is 0. The minimum absolute atomic E-state index is 0.0128. The van der Waals surface area contributed by atoms with Gasteiger partial charge in [0.05, 0.1) is 12.0 Å². The molecule has 1 aromatic carbocycles. The summed E-state index contributed by atoms with van der Waals surface area (Å²) in [5.74, 6) is 1.52. The fourth-order valence-electron chi connectivity index (χ4n) is 2.73. The first-order chi connectivity index (χ1) is 9.13. The van der Waals surface area contributed by atoms with E-state index >= 15 is 0 Å². The smallest absolute Gasteiger partial charge is 0.120 e. The van der Waals surface area contributed by atoms with E-state index in [1.807, 2.05) is 25.1 Å². The monoisotopic (exact) mass is 277 g/mol. The van der Waals surface area contributed by atoms with Crippen LogP contribution in [0.4, 0.5) is 0 Å².